The highest BCUT2D eigenvalue weighted by Crippen LogP contribution is 2.20. The third kappa shape index (κ3) is 6.34. The van der Waals surface area contributed by atoms with E-state index in [0.29, 0.717) is 38.5 Å². The highest BCUT2D eigenvalue weighted by Gasteiger charge is 2.29. The number of nitrogens with zero attached hydrogens (tertiary/aromatic N) is 3. The fraction of sp³-hybridized carbons (Fsp3) is 0.480. The maximum Gasteiger partial charge on any atom is 0.317 e. The Bertz CT molecular complexity index is 1050. The number of benzene rings is 2. The van der Waals surface area contributed by atoms with Gasteiger partial charge in [0.1, 0.15) is 5.82 Å². The average molecular weight is 489 g/mol. The predicted octanol–water partition coefficient (Wildman–Crippen LogP) is 3.14. The molecule has 2 amide bonds. The summed E-state index contributed by atoms with van der Waals surface area (Å²) in [6, 6.07) is 15.2. The third-order valence-corrected chi connectivity index (χ3v) is 8.50. The molecule has 2 saturated heterocycles. The van der Waals surface area contributed by atoms with Crippen LogP contribution in [0.15, 0.2) is 59.5 Å². The Labute approximate surface area is 201 Å². The number of sulfonamides is 1. The molecular formula is C25H33FN4O3S. The van der Waals surface area contributed by atoms with E-state index in [1.807, 2.05) is 6.07 Å². The van der Waals surface area contributed by atoms with Gasteiger partial charge in [-0.15, -0.1) is 0 Å². The van der Waals surface area contributed by atoms with Crippen LogP contribution in [0.3, 0.4) is 0 Å². The van der Waals surface area contributed by atoms with E-state index in [9.17, 15) is 17.6 Å². The standard InChI is InChI=1S/C25H33FN4O3S/c26-23-9-11-24(12-10-23)34(32,33)30-15-5-14-29(16-17-30)25(31)27-18-22-8-4-13-28(20-22)19-21-6-2-1-3-7-21/h1-3,6-7,9-12,22H,4-5,8,13-20H2,(H,27,31). The Morgan fingerprint density at radius 1 is 0.941 bits per heavy atom. The van der Waals surface area contributed by atoms with Crippen LogP contribution in [0.5, 0.6) is 0 Å². The molecule has 0 bridgehead atoms. The van der Waals surface area contributed by atoms with Gasteiger partial charge in [-0.25, -0.2) is 17.6 Å². The maximum atomic E-state index is 13.2. The molecule has 2 aliphatic heterocycles. The summed E-state index contributed by atoms with van der Waals surface area (Å²) in [5.41, 5.74) is 1.30. The monoisotopic (exact) mass is 488 g/mol. The van der Waals surface area contributed by atoms with Crippen molar-refractivity contribution in [2.75, 3.05) is 45.8 Å². The number of carbonyl (C=O) groups is 1. The Kier molecular flexibility index (Phi) is 8.18. The summed E-state index contributed by atoms with van der Waals surface area (Å²) in [6.07, 6.45) is 2.77. The second-order valence-electron chi connectivity index (χ2n) is 9.11. The lowest BCUT2D eigenvalue weighted by Gasteiger charge is -2.33. The van der Waals surface area contributed by atoms with E-state index in [1.165, 1.54) is 22.0 Å². The summed E-state index contributed by atoms with van der Waals surface area (Å²) < 4.78 is 40.4. The Hall–Kier alpha value is -2.49. The molecule has 2 heterocycles. The van der Waals surface area contributed by atoms with E-state index in [0.717, 1.165) is 44.6 Å². The van der Waals surface area contributed by atoms with Gasteiger partial charge in [-0.3, -0.25) is 4.90 Å². The largest absolute Gasteiger partial charge is 0.338 e. The van der Waals surface area contributed by atoms with E-state index in [2.05, 4.69) is 34.5 Å². The highest BCUT2D eigenvalue weighted by molar-refractivity contribution is 7.89. The lowest BCUT2D eigenvalue weighted by atomic mass is 9.97. The SMILES string of the molecule is O=C(NCC1CCCN(Cc2ccccc2)C1)N1CCCN(S(=O)(=O)c2ccc(F)cc2)CC1. The van der Waals surface area contributed by atoms with E-state index in [-0.39, 0.29) is 17.5 Å². The number of piperidine rings is 1. The van der Waals surface area contributed by atoms with Crippen molar-refractivity contribution in [2.45, 2.75) is 30.7 Å². The molecule has 1 atom stereocenters. The zero-order valence-electron chi connectivity index (χ0n) is 19.4. The van der Waals surface area contributed by atoms with Crippen molar-refractivity contribution in [2.24, 2.45) is 5.92 Å². The molecule has 0 spiro atoms. The quantitative estimate of drug-likeness (QED) is 0.678. The molecule has 0 aliphatic carbocycles. The molecule has 184 valence electrons. The molecule has 7 nitrogen and oxygen atoms in total. The van der Waals surface area contributed by atoms with Gasteiger partial charge in [-0.05, 0) is 61.6 Å². The molecule has 34 heavy (non-hydrogen) atoms. The summed E-state index contributed by atoms with van der Waals surface area (Å²) in [5, 5.41) is 3.08. The smallest absolute Gasteiger partial charge is 0.317 e. The number of urea groups is 1. The van der Waals surface area contributed by atoms with Crippen molar-refractivity contribution in [3.8, 4) is 0 Å². The molecule has 0 radical (unpaired) electrons. The first-order valence-electron chi connectivity index (χ1n) is 12.0. The van der Waals surface area contributed by atoms with Gasteiger partial charge in [0.25, 0.3) is 0 Å². The highest BCUT2D eigenvalue weighted by atomic mass is 32.2. The van der Waals surface area contributed by atoms with Gasteiger partial charge >= 0.3 is 6.03 Å². The normalized spacial score (nSPS) is 20.6. The summed E-state index contributed by atoms with van der Waals surface area (Å²) in [7, 11) is -3.71. The van der Waals surface area contributed by atoms with Gasteiger partial charge in [0.15, 0.2) is 0 Å². The molecule has 9 heteroatoms. The number of halogens is 1. The second-order valence-corrected chi connectivity index (χ2v) is 11.1. The van der Waals surface area contributed by atoms with Gasteiger partial charge in [0.05, 0.1) is 4.90 Å². The summed E-state index contributed by atoms with van der Waals surface area (Å²) in [6.45, 7) is 4.97. The van der Waals surface area contributed by atoms with E-state index in [4.69, 9.17) is 0 Å². The first-order chi connectivity index (χ1) is 16.4. The van der Waals surface area contributed by atoms with Crippen molar-refractivity contribution >= 4 is 16.1 Å². The van der Waals surface area contributed by atoms with Crippen LogP contribution in [-0.4, -0.2) is 74.4 Å². The first kappa shape index (κ1) is 24.6. The molecule has 2 aromatic rings. The zero-order valence-corrected chi connectivity index (χ0v) is 20.2. The van der Waals surface area contributed by atoms with Crippen LogP contribution in [0.1, 0.15) is 24.8 Å². The summed E-state index contributed by atoms with van der Waals surface area (Å²) >= 11 is 0. The van der Waals surface area contributed by atoms with Gasteiger partial charge in [-0.1, -0.05) is 30.3 Å². The van der Waals surface area contributed by atoms with Crippen LogP contribution >= 0.6 is 0 Å². The minimum atomic E-state index is -3.71. The zero-order chi connectivity index (χ0) is 24.0. The number of hydrogen-bond acceptors (Lipinski definition) is 4. The first-order valence-corrected chi connectivity index (χ1v) is 13.4. The molecule has 2 aliphatic rings. The fourth-order valence-corrected chi connectivity index (χ4v) is 6.21. The van der Waals surface area contributed by atoms with Crippen LogP contribution in [0.2, 0.25) is 0 Å². The van der Waals surface area contributed by atoms with Gasteiger partial charge in [0, 0.05) is 45.8 Å². The van der Waals surface area contributed by atoms with Crippen molar-refractivity contribution in [3.63, 3.8) is 0 Å². The Morgan fingerprint density at radius 2 is 1.71 bits per heavy atom. The Balaban J connectivity index is 1.26. The van der Waals surface area contributed by atoms with E-state index < -0.39 is 15.8 Å². The Morgan fingerprint density at radius 3 is 2.47 bits per heavy atom. The molecule has 2 aromatic carbocycles. The minimum Gasteiger partial charge on any atom is -0.338 e. The van der Waals surface area contributed by atoms with Gasteiger partial charge < -0.3 is 10.2 Å². The lowest BCUT2D eigenvalue weighted by Crippen LogP contribution is -2.46. The van der Waals surface area contributed by atoms with E-state index >= 15 is 0 Å². The van der Waals surface area contributed by atoms with Gasteiger partial charge in [0.2, 0.25) is 10.0 Å². The van der Waals surface area contributed by atoms with E-state index in [1.54, 1.807) is 4.90 Å². The number of likely N-dealkylation sites (tertiary alicyclic amines) is 1. The maximum absolute atomic E-state index is 13.2. The number of hydrogen-bond donors (Lipinski definition) is 1. The average Bonchev–Trinajstić information content (AvgIpc) is 3.11. The van der Waals surface area contributed by atoms with Crippen molar-refractivity contribution in [1.82, 2.24) is 19.4 Å². The van der Waals surface area contributed by atoms with Crippen LogP contribution < -0.4 is 5.32 Å². The molecule has 0 saturated carbocycles. The topological polar surface area (TPSA) is 73.0 Å². The van der Waals surface area contributed by atoms with Crippen LogP contribution in [0, 0.1) is 11.7 Å². The van der Waals surface area contributed by atoms with Crippen molar-refractivity contribution in [3.05, 3.63) is 66.0 Å². The number of nitrogens with one attached hydrogen (secondary N) is 1. The molecule has 4 rings (SSSR count). The fourth-order valence-electron chi connectivity index (χ4n) is 4.74. The number of rotatable bonds is 6. The van der Waals surface area contributed by atoms with Crippen LogP contribution in [-0.2, 0) is 16.6 Å². The summed E-state index contributed by atoms with van der Waals surface area (Å²) in [4.78, 5) is 17.0. The molecule has 1 N–H and O–H groups in total. The van der Waals surface area contributed by atoms with Crippen molar-refractivity contribution in [1.29, 1.82) is 0 Å². The third-order valence-electron chi connectivity index (χ3n) is 6.59. The number of amides is 2. The van der Waals surface area contributed by atoms with Crippen LogP contribution in [0.4, 0.5) is 9.18 Å². The second kappa shape index (κ2) is 11.3. The molecule has 0 aromatic heterocycles. The molecule has 2 fully saturated rings. The molecule has 1 unspecified atom stereocenters. The van der Waals surface area contributed by atoms with Crippen molar-refractivity contribution < 1.29 is 17.6 Å². The van der Waals surface area contributed by atoms with Crippen LogP contribution in [0.25, 0.3) is 0 Å². The number of carbonyl (C=O) groups excluding carboxylic acids is 1. The van der Waals surface area contributed by atoms with Gasteiger partial charge in [-0.2, -0.15) is 4.31 Å². The minimum absolute atomic E-state index is 0.0733. The molecular weight excluding hydrogens is 455 g/mol. The lowest BCUT2D eigenvalue weighted by molar-refractivity contribution is 0.160. The predicted molar refractivity (Wildman–Crippen MR) is 129 cm³/mol. The summed E-state index contributed by atoms with van der Waals surface area (Å²) in [5.74, 6) is -0.0671.